The molecule has 0 bridgehead atoms. The van der Waals surface area contributed by atoms with Crippen molar-refractivity contribution in [2.24, 2.45) is 5.73 Å². The molecule has 1 atom stereocenters. The molecule has 0 amide bonds. The number of tetrazole rings is 1. The Morgan fingerprint density at radius 3 is 2.86 bits per heavy atom. The smallest absolute Gasteiger partial charge is 0.302 e. The highest BCUT2D eigenvalue weighted by atomic mass is 16.5. The van der Waals surface area contributed by atoms with E-state index >= 15 is 0 Å². The molecular weight excluding hydrogens is 286 g/mol. The molecule has 0 radical (unpaired) electrons. The number of nitrogens with zero attached hydrogens (tertiary/aromatic N) is 4. The lowest BCUT2D eigenvalue weighted by atomic mass is 10.2. The van der Waals surface area contributed by atoms with Gasteiger partial charge < -0.3 is 15.2 Å². The zero-order chi connectivity index (χ0) is 15.8. The molecule has 2 aromatic rings. The lowest BCUT2D eigenvalue weighted by molar-refractivity contribution is -0.141. The predicted molar refractivity (Wildman–Crippen MR) is 77.5 cm³/mol. The highest BCUT2D eigenvalue weighted by Crippen LogP contribution is 2.08. The van der Waals surface area contributed by atoms with Crippen LogP contribution in [0, 0.1) is 0 Å². The van der Waals surface area contributed by atoms with E-state index in [9.17, 15) is 4.79 Å². The quantitative estimate of drug-likeness (QED) is 0.706. The lowest BCUT2D eigenvalue weighted by Gasteiger charge is -2.12. The molecule has 0 unspecified atom stereocenters. The van der Waals surface area contributed by atoms with E-state index in [1.165, 1.54) is 11.6 Å². The third kappa shape index (κ3) is 4.90. The van der Waals surface area contributed by atoms with Crippen molar-refractivity contribution in [1.29, 1.82) is 0 Å². The van der Waals surface area contributed by atoms with Gasteiger partial charge in [0.05, 0.1) is 25.8 Å². The summed E-state index contributed by atoms with van der Waals surface area (Å²) in [5.41, 5.74) is 7.11. The Balaban J connectivity index is 1.81. The van der Waals surface area contributed by atoms with Crippen LogP contribution >= 0.6 is 0 Å². The summed E-state index contributed by atoms with van der Waals surface area (Å²) < 4.78 is 12.0. The molecule has 118 valence electrons. The van der Waals surface area contributed by atoms with Gasteiger partial charge in [-0.25, -0.2) is 4.68 Å². The molecule has 2 rings (SSSR count). The maximum Gasteiger partial charge on any atom is 0.302 e. The van der Waals surface area contributed by atoms with Crippen LogP contribution in [0.5, 0.6) is 0 Å². The van der Waals surface area contributed by atoms with Gasteiger partial charge in [-0.05, 0) is 16.0 Å². The molecule has 1 aromatic heterocycles. The average Bonchev–Trinajstić information content (AvgIpc) is 2.96. The van der Waals surface area contributed by atoms with Gasteiger partial charge in [0.1, 0.15) is 6.61 Å². The van der Waals surface area contributed by atoms with E-state index in [4.69, 9.17) is 15.2 Å². The van der Waals surface area contributed by atoms with Crippen molar-refractivity contribution in [2.45, 2.75) is 26.1 Å². The summed E-state index contributed by atoms with van der Waals surface area (Å²) in [6.45, 7) is 2.68. The molecule has 8 nitrogen and oxygen atoms in total. The van der Waals surface area contributed by atoms with Crippen molar-refractivity contribution in [3.05, 3.63) is 41.7 Å². The Bertz CT molecular complexity index is 587. The van der Waals surface area contributed by atoms with Crippen LogP contribution in [0.25, 0.3) is 0 Å². The summed E-state index contributed by atoms with van der Waals surface area (Å²) in [5.74, 6) is 0.158. The number of carbonyl (C=O) groups is 1. The Morgan fingerprint density at radius 1 is 1.36 bits per heavy atom. The molecule has 2 N–H and O–H groups in total. The van der Waals surface area contributed by atoms with Crippen LogP contribution in [-0.4, -0.2) is 39.4 Å². The normalized spacial score (nSPS) is 12.1. The fourth-order valence-electron chi connectivity index (χ4n) is 1.86. The number of aromatic nitrogens is 4. The summed E-state index contributed by atoms with van der Waals surface area (Å²) in [5, 5.41) is 11.3. The Labute approximate surface area is 128 Å². The van der Waals surface area contributed by atoms with Gasteiger partial charge in [-0.1, -0.05) is 30.3 Å². The van der Waals surface area contributed by atoms with Crippen molar-refractivity contribution in [3.8, 4) is 0 Å². The summed E-state index contributed by atoms with van der Waals surface area (Å²) in [6, 6.07) is 9.37. The molecule has 0 fully saturated rings. The zero-order valence-corrected chi connectivity index (χ0v) is 12.4. The summed E-state index contributed by atoms with van der Waals surface area (Å²) in [4.78, 5) is 10.7. The first-order valence-corrected chi connectivity index (χ1v) is 6.93. The summed E-state index contributed by atoms with van der Waals surface area (Å²) in [6.07, 6.45) is 0. The molecule has 0 saturated heterocycles. The molecule has 1 heterocycles. The van der Waals surface area contributed by atoms with E-state index in [0.717, 1.165) is 5.56 Å². The topological polar surface area (TPSA) is 105 Å². The molecule has 0 spiro atoms. The molecule has 1 aromatic carbocycles. The first kappa shape index (κ1) is 16.1. The van der Waals surface area contributed by atoms with Gasteiger partial charge in [-0.3, -0.25) is 4.79 Å². The van der Waals surface area contributed by atoms with Gasteiger partial charge in [0.25, 0.3) is 0 Å². The van der Waals surface area contributed by atoms with Crippen molar-refractivity contribution in [2.75, 3.05) is 13.2 Å². The number of rotatable bonds is 8. The molecule has 0 aliphatic heterocycles. The van der Waals surface area contributed by atoms with Crippen molar-refractivity contribution in [1.82, 2.24) is 20.2 Å². The zero-order valence-electron chi connectivity index (χ0n) is 12.4. The molecule has 0 saturated carbocycles. The molecule has 8 heteroatoms. The van der Waals surface area contributed by atoms with Gasteiger partial charge in [-0.15, -0.1) is 5.10 Å². The van der Waals surface area contributed by atoms with Crippen LogP contribution in [0.1, 0.15) is 24.4 Å². The second-order valence-corrected chi connectivity index (χ2v) is 4.71. The van der Waals surface area contributed by atoms with E-state index < -0.39 is 6.04 Å². The maximum atomic E-state index is 10.7. The largest absolute Gasteiger partial charge is 0.464 e. The summed E-state index contributed by atoms with van der Waals surface area (Å²) >= 11 is 0. The van der Waals surface area contributed by atoms with Crippen LogP contribution < -0.4 is 5.73 Å². The second kappa shape index (κ2) is 8.20. The van der Waals surface area contributed by atoms with Crippen LogP contribution in [0.3, 0.4) is 0 Å². The van der Waals surface area contributed by atoms with Gasteiger partial charge in [0.2, 0.25) is 0 Å². The molecule has 0 aliphatic carbocycles. The number of ether oxygens (including phenoxy) is 2. The van der Waals surface area contributed by atoms with Crippen molar-refractivity contribution in [3.63, 3.8) is 0 Å². The van der Waals surface area contributed by atoms with Crippen LogP contribution in [0.4, 0.5) is 0 Å². The van der Waals surface area contributed by atoms with Gasteiger partial charge in [-0.2, -0.15) is 0 Å². The van der Waals surface area contributed by atoms with E-state index in [0.29, 0.717) is 25.6 Å². The monoisotopic (exact) mass is 305 g/mol. The minimum absolute atomic E-state index is 0.199. The number of esters is 1. The number of carbonyl (C=O) groups excluding carboxylic acids is 1. The van der Waals surface area contributed by atoms with Gasteiger partial charge >= 0.3 is 5.97 Å². The summed E-state index contributed by atoms with van der Waals surface area (Å²) in [7, 11) is 0. The van der Waals surface area contributed by atoms with E-state index in [-0.39, 0.29) is 12.6 Å². The van der Waals surface area contributed by atoms with E-state index in [1.807, 2.05) is 30.3 Å². The Hall–Kier alpha value is -2.32. The highest BCUT2D eigenvalue weighted by molar-refractivity contribution is 5.65. The fraction of sp³-hybridized carbons (Fsp3) is 0.429. The number of benzene rings is 1. The molecule has 22 heavy (non-hydrogen) atoms. The molecular formula is C14H19N5O3. The third-order valence-electron chi connectivity index (χ3n) is 2.91. The lowest BCUT2D eigenvalue weighted by Crippen LogP contribution is -2.23. The standard InChI is InChI=1S/C14H19N5O3/c1-11(20)22-8-7-19-14(16-17-18-19)13(15)10-21-9-12-5-3-2-4-6-12/h2-6,13H,7-10,15H2,1H3/t13-/m1/s1. The minimum Gasteiger partial charge on any atom is -0.464 e. The highest BCUT2D eigenvalue weighted by Gasteiger charge is 2.15. The second-order valence-electron chi connectivity index (χ2n) is 4.71. The number of nitrogens with two attached hydrogens (primary N) is 1. The molecule has 0 aliphatic rings. The van der Waals surface area contributed by atoms with E-state index in [1.54, 1.807) is 0 Å². The van der Waals surface area contributed by atoms with Crippen LogP contribution in [0.15, 0.2) is 30.3 Å². The van der Waals surface area contributed by atoms with Crippen molar-refractivity contribution < 1.29 is 14.3 Å². The Morgan fingerprint density at radius 2 is 2.14 bits per heavy atom. The van der Waals surface area contributed by atoms with Gasteiger partial charge in [0.15, 0.2) is 5.82 Å². The third-order valence-corrected chi connectivity index (χ3v) is 2.91. The maximum absolute atomic E-state index is 10.7. The first-order valence-electron chi connectivity index (χ1n) is 6.93. The average molecular weight is 305 g/mol. The van der Waals surface area contributed by atoms with Gasteiger partial charge in [0, 0.05) is 6.92 Å². The van der Waals surface area contributed by atoms with Crippen LogP contribution in [-0.2, 0) is 27.4 Å². The fourth-order valence-corrected chi connectivity index (χ4v) is 1.86. The predicted octanol–water partition coefficient (Wildman–Crippen LogP) is 0.453. The Kier molecular flexibility index (Phi) is 5.99. The number of hydrogen-bond acceptors (Lipinski definition) is 7. The SMILES string of the molecule is CC(=O)OCCn1nnnc1[C@H](N)COCc1ccccc1. The van der Waals surface area contributed by atoms with Crippen molar-refractivity contribution >= 4 is 5.97 Å². The number of hydrogen-bond donors (Lipinski definition) is 1. The van der Waals surface area contributed by atoms with Crippen LogP contribution in [0.2, 0.25) is 0 Å². The minimum atomic E-state index is -0.448. The van der Waals surface area contributed by atoms with E-state index in [2.05, 4.69) is 15.5 Å². The first-order chi connectivity index (χ1) is 10.7.